The van der Waals surface area contributed by atoms with Crippen molar-refractivity contribution in [1.82, 2.24) is 15.2 Å². The van der Waals surface area contributed by atoms with E-state index in [9.17, 15) is 14.9 Å². The number of carbonyl (C=O) groups excluding carboxylic acids is 1. The van der Waals surface area contributed by atoms with Crippen molar-refractivity contribution in [2.24, 2.45) is 5.10 Å². The third-order valence-electron chi connectivity index (χ3n) is 4.23. The van der Waals surface area contributed by atoms with Crippen molar-refractivity contribution >= 4 is 29.1 Å². The normalized spacial score (nSPS) is 10.9. The number of nitro benzene ring substituents is 1. The highest BCUT2D eigenvalue weighted by Crippen LogP contribution is 2.25. The summed E-state index contributed by atoms with van der Waals surface area (Å²) < 4.78 is 1.69. The molecule has 0 atom stereocenters. The monoisotopic (exact) mass is 417 g/mol. The number of hydrazone groups is 1. The van der Waals surface area contributed by atoms with Gasteiger partial charge in [0.15, 0.2) is 0 Å². The summed E-state index contributed by atoms with van der Waals surface area (Å²) in [5, 5.41) is 21.4. The van der Waals surface area contributed by atoms with Crippen LogP contribution in [-0.4, -0.2) is 26.8 Å². The minimum atomic E-state index is -0.450. The molecule has 2 aromatic carbocycles. The van der Waals surface area contributed by atoms with Gasteiger partial charge in [-0.1, -0.05) is 24.3 Å². The van der Waals surface area contributed by atoms with E-state index in [1.807, 2.05) is 35.7 Å². The molecule has 0 radical (unpaired) electrons. The van der Waals surface area contributed by atoms with Crippen LogP contribution in [0.1, 0.15) is 15.2 Å². The fraction of sp³-hybridized carbons (Fsp3) is 0. The van der Waals surface area contributed by atoms with Crippen molar-refractivity contribution in [1.29, 1.82) is 0 Å². The first-order chi connectivity index (χ1) is 14.6. The molecule has 30 heavy (non-hydrogen) atoms. The van der Waals surface area contributed by atoms with E-state index in [0.717, 1.165) is 5.69 Å². The van der Waals surface area contributed by atoms with Crippen LogP contribution in [0.25, 0.3) is 16.9 Å². The Kier molecular flexibility index (Phi) is 5.44. The Morgan fingerprint density at radius 2 is 1.87 bits per heavy atom. The van der Waals surface area contributed by atoms with Crippen LogP contribution in [0.15, 0.2) is 83.4 Å². The zero-order valence-corrected chi connectivity index (χ0v) is 16.3. The number of hydrogen-bond donors (Lipinski definition) is 1. The SMILES string of the molecule is O=C(NN=Cc1cn(-c2ccccc2)nc1-c1ccc([N+](=O)[O-])cc1)c1cccs1. The maximum atomic E-state index is 12.1. The number of carbonyl (C=O) groups is 1. The number of thiophene rings is 1. The van der Waals surface area contributed by atoms with Crippen molar-refractivity contribution < 1.29 is 9.72 Å². The maximum Gasteiger partial charge on any atom is 0.281 e. The van der Waals surface area contributed by atoms with Crippen LogP contribution < -0.4 is 5.43 Å². The number of amides is 1. The van der Waals surface area contributed by atoms with Crippen molar-refractivity contribution in [3.8, 4) is 16.9 Å². The number of para-hydroxylation sites is 1. The predicted octanol–water partition coefficient (Wildman–Crippen LogP) is 4.27. The van der Waals surface area contributed by atoms with Crippen molar-refractivity contribution in [2.75, 3.05) is 0 Å². The number of hydrogen-bond acceptors (Lipinski definition) is 6. The summed E-state index contributed by atoms with van der Waals surface area (Å²) in [5.41, 5.74) is 5.28. The molecule has 0 bridgehead atoms. The largest absolute Gasteiger partial charge is 0.281 e. The van der Waals surface area contributed by atoms with Gasteiger partial charge >= 0.3 is 0 Å². The minimum Gasteiger partial charge on any atom is -0.266 e. The van der Waals surface area contributed by atoms with E-state index in [1.165, 1.54) is 29.7 Å². The average Bonchev–Trinajstić information content (AvgIpc) is 3.45. The molecular formula is C21H15N5O3S. The van der Waals surface area contributed by atoms with Crippen molar-refractivity contribution in [3.05, 3.63) is 98.9 Å². The minimum absolute atomic E-state index is 0.000305. The second-order valence-corrected chi connectivity index (χ2v) is 7.14. The lowest BCUT2D eigenvalue weighted by Crippen LogP contribution is -2.16. The van der Waals surface area contributed by atoms with Crippen LogP contribution in [0.2, 0.25) is 0 Å². The number of non-ortho nitro benzene ring substituents is 1. The molecular weight excluding hydrogens is 402 g/mol. The molecule has 0 aliphatic carbocycles. The molecule has 9 heteroatoms. The van der Waals surface area contributed by atoms with E-state index >= 15 is 0 Å². The van der Waals surface area contributed by atoms with Crippen LogP contribution >= 0.6 is 11.3 Å². The second kappa shape index (κ2) is 8.50. The number of nitrogens with one attached hydrogen (secondary N) is 1. The van der Waals surface area contributed by atoms with Gasteiger partial charge in [-0.2, -0.15) is 10.2 Å². The van der Waals surface area contributed by atoms with E-state index in [0.29, 0.717) is 21.7 Å². The molecule has 2 heterocycles. The Bertz CT molecular complexity index is 1200. The predicted molar refractivity (Wildman–Crippen MR) is 115 cm³/mol. The summed E-state index contributed by atoms with van der Waals surface area (Å²) in [7, 11) is 0. The molecule has 1 amide bonds. The quantitative estimate of drug-likeness (QED) is 0.287. The topological polar surface area (TPSA) is 102 Å². The maximum absolute atomic E-state index is 12.1. The third-order valence-corrected chi connectivity index (χ3v) is 5.10. The summed E-state index contributed by atoms with van der Waals surface area (Å²) in [6.45, 7) is 0. The van der Waals surface area contributed by atoms with E-state index in [1.54, 1.807) is 35.1 Å². The zero-order chi connectivity index (χ0) is 20.9. The second-order valence-electron chi connectivity index (χ2n) is 6.19. The van der Waals surface area contributed by atoms with Gasteiger partial charge in [0.2, 0.25) is 0 Å². The van der Waals surface area contributed by atoms with E-state index in [2.05, 4.69) is 15.6 Å². The molecule has 2 aromatic heterocycles. The fourth-order valence-electron chi connectivity index (χ4n) is 2.78. The molecule has 148 valence electrons. The lowest BCUT2D eigenvalue weighted by atomic mass is 10.1. The molecule has 1 N–H and O–H groups in total. The lowest BCUT2D eigenvalue weighted by molar-refractivity contribution is -0.384. The molecule has 4 aromatic rings. The van der Waals surface area contributed by atoms with Gasteiger partial charge in [0.05, 0.1) is 21.7 Å². The Morgan fingerprint density at radius 3 is 2.53 bits per heavy atom. The Labute approximate surface area is 175 Å². The summed E-state index contributed by atoms with van der Waals surface area (Å²) >= 11 is 1.32. The van der Waals surface area contributed by atoms with Crippen LogP contribution in [0.3, 0.4) is 0 Å². The number of nitrogens with zero attached hydrogens (tertiary/aromatic N) is 4. The van der Waals surface area contributed by atoms with Crippen molar-refractivity contribution in [3.63, 3.8) is 0 Å². The van der Waals surface area contributed by atoms with E-state index in [4.69, 9.17) is 0 Å². The first kappa shape index (κ1) is 19.2. The summed E-state index contributed by atoms with van der Waals surface area (Å²) in [5.74, 6) is -0.298. The van der Waals surface area contributed by atoms with E-state index < -0.39 is 4.92 Å². The Morgan fingerprint density at radius 1 is 1.10 bits per heavy atom. The van der Waals surface area contributed by atoms with Gasteiger partial charge in [0, 0.05) is 29.5 Å². The highest BCUT2D eigenvalue weighted by atomic mass is 32.1. The number of rotatable bonds is 6. The van der Waals surface area contributed by atoms with Gasteiger partial charge in [-0.05, 0) is 35.7 Å². The van der Waals surface area contributed by atoms with Gasteiger partial charge in [0.25, 0.3) is 11.6 Å². The first-order valence-corrected chi connectivity index (χ1v) is 9.76. The molecule has 0 saturated heterocycles. The summed E-state index contributed by atoms with van der Waals surface area (Å²) in [6, 6.07) is 19.2. The molecule has 0 spiro atoms. The summed E-state index contributed by atoms with van der Waals surface area (Å²) in [6.07, 6.45) is 3.29. The molecule has 8 nitrogen and oxygen atoms in total. The first-order valence-electron chi connectivity index (χ1n) is 8.88. The van der Waals surface area contributed by atoms with E-state index in [-0.39, 0.29) is 11.6 Å². The molecule has 0 aliphatic rings. The summed E-state index contributed by atoms with van der Waals surface area (Å²) in [4.78, 5) is 23.1. The van der Waals surface area contributed by atoms with Gasteiger partial charge in [-0.25, -0.2) is 10.1 Å². The molecule has 0 saturated carbocycles. The van der Waals surface area contributed by atoms with Gasteiger partial charge in [-0.3, -0.25) is 14.9 Å². The lowest BCUT2D eigenvalue weighted by Gasteiger charge is -2.00. The highest BCUT2D eigenvalue weighted by Gasteiger charge is 2.13. The average molecular weight is 417 g/mol. The number of benzene rings is 2. The molecule has 4 rings (SSSR count). The smallest absolute Gasteiger partial charge is 0.266 e. The Hall–Kier alpha value is -4.11. The molecule has 0 fully saturated rings. The van der Waals surface area contributed by atoms with Gasteiger partial charge < -0.3 is 0 Å². The van der Waals surface area contributed by atoms with Crippen LogP contribution in [-0.2, 0) is 0 Å². The van der Waals surface area contributed by atoms with Crippen LogP contribution in [0.4, 0.5) is 5.69 Å². The van der Waals surface area contributed by atoms with Gasteiger partial charge in [-0.15, -0.1) is 11.3 Å². The number of nitro groups is 1. The third kappa shape index (κ3) is 4.15. The Balaban J connectivity index is 1.66. The number of aromatic nitrogens is 2. The standard InChI is InChI=1S/C21H15N5O3S/c27-21(19-7-4-12-30-19)23-22-13-16-14-25(17-5-2-1-3-6-17)24-20(16)15-8-10-18(11-9-15)26(28)29/h1-14H,(H,23,27). The van der Waals surface area contributed by atoms with Crippen LogP contribution in [0.5, 0.6) is 0 Å². The van der Waals surface area contributed by atoms with Crippen molar-refractivity contribution in [2.45, 2.75) is 0 Å². The fourth-order valence-corrected chi connectivity index (χ4v) is 3.40. The van der Waals surface area contributed by atoms with Crippen LogP contribution in [0, 0.1) is 10.1 Å². The zero-order valence-electron chi connectivity index (χ0n) is 15.5. The van der Waals surface area contributed by atoms with Gasteiger partial charge in [0.1, 0.15) is 5.69 Å². The highest BCUT2D eigenvalue weighted by molar-refractivity contribution is 7.12. The molecule has 0 aliphatic heterocycles. The molecule has 0 unspecified atom stereocenters.